The molecule has 5 nitrogen and oxygen atoms in total. The van der Waals surface area contributed by atoms with Gasteiger partial charge in [-0.15, -0.1) is 11.6 Å². The first-order chi connectivity index (χ1) is 14.4. The van der Waals surface area contributed by atoms with Gasteiger partial charge in [-0.25, -0.2) is 8.42 Å². The molecule has 0 unspecified atom stereocenters. The predicted molar refractivity (Wildman–Crippen MR) is 120 cm³/mol. The Hall–Kier alpha value is -2.83. The van der Waals surface area contributed by atoms with Crippen molar-refractivity contribution in [3.05, 3.63) is 95.6 Å². The van der Waals surface area contributed by atoms with E-state index in [0.717, 1.165) is 17.4 Å². The largest absolute Gasteiger partial charge is 0.487 e. The number of hydrogen-bond donors (Lipinski definition) is 0. The van der Waals surface area contributed by atoms with Crippen molar-refractivity contribution >= 4 is 33.1 Å². The van der Waals surface area contributed by atoms with Crippen LogP contribution in [0.1, 0.15) is 21.5 Å². The van der Waals surface area contributed by atoms with Crippen molar-refractivity contribution in [1.29, 1.82) is 0 Å². The van der Waals surface area contributed by atoms with E-state index in [1.165, 1.54) is 10.4 Å². The van der Waals surface area contributed by atoms with Gasteiger partial charge in [-0.05, 0) is 29.3 Å². The topological polar surface area (TPSA) is 63.7 Å². The highest BCUT2D eigenvalue weighted by atomic mass is 35.5. The first kappa shape index (κ1) is 21.9. The van der Waals surface area contributed by atoms with Gasteiger partial charge >= 0.3 is 0 Å². The highest BCUT2D eigenvalue weighted by Crippen LogP contribution is 2.33. The Labute approximate surface area is 181 Å². The molecule has 0 radical (unpaired) electrons. The van der Waals surface area contributed by atoms with Crippen molar-refractivity contribution in [2.24, 2.45) is 0 Å². The molecule has 0 saturated heterocycles. The van der Waals surface area contributed by atoms with Crippen molar-refractivity contribution in [2.45, 2.75) is 13.2 Å². The maximum absolute atomic E-state index is 12.7. The van der Waals surface area contributed by atoms with Crippen LogP contribution in [0.3, 0.4) is 0 Å². The third-order valence-corrected chi connectivity index (χ3v) is 5.85. The second-order valence-corrected chi connectivity index (χ2v) is 8.94. The van der Waals surface area contributed by atoms with Crippen LogP contribution in [0.15, 0.2) is 78.9 Å². The molecule has 7 heteroatoms. The van der Waals surface area contributed by atoms with Crippen LogP contribution in [-0.2, 0) is 23.2 Å². The van der Waals surface area contributed by atoms with E-state index in [-0.39, 0.29) is 24.8 Å². The van der Waals surface area contributed by atoms with Gasteiger partial charge in [-0.2, -0.15) is 0 Å². The summed E-state index contributed by atoms with van der Waals surface area (Å²) < 4.78 is 32.5. The minimum atomic E-state index is -3.66. The summed E-state index contributed by atoms with van der Waals surface area (Å²) in [6.45, 7) is 0.374. The predicted octanol–water partition coefficient (Wildman–Crippen LogP) is 4.65. The Morgan fingerprint density at radius 1 is 0.933 bits per heavy atom. The zero-order valence-corrected chi connectivity index (χ0v) is 18.1. The number of alkyl halides is 1. The molecule has 3 aromatic carbocycles. The average Bonchev–Trinajstić information content (AvgIpc) is 2.76. The van der Waals surface area contributed by atoms with Crippen molar-refractivity contribution in [3.8, 4) is 5.75 Å². The van der Waals surface area contributed by atoms with Crippen LogP contribution >= 0.6 is 11.6 Å². The number of Topliss-reactive ketones (excluding diaryl/α,β-unsaturated/α-hetero) is 1. The van der Waals surface area contributed by atoms with E-state index >= 15 is 0 Å². The molecule has 0 aliphatic heterocycles. The van der Waals surface area contributed by atoms with Gasteiger partial charge in [-0.1, -0.05) is 60.7 Å². The maximum Gasteiger partial charge on any atom is 0.232 e. The molecule has 0 bridgehead atoms. The Bertz CT molecular complexity index is 1100. The van der Waals surface area contributed by atoms with Gasteiger partial charge in [0.1, 0.15) is 12.4 Å². The maximum atomic E-state index is 12.7. The Balaban J connectivity index is 2.03. The normalized spacial score (nSPS) is 11.1. The number of sulfonamides is 1. The molecule has 156 valence electrons. The molecule has 0 aliphatic carbocycles. The number of rotatable bonds is 9. The lowest BCUT2D eigenvalue weighted by atomic mass is 10.1. The van der Waals surface area contributed by atoms with Gasteiger partial charge in [0, 0.05) is 5.56 Å². The molecule has 3 aromatic rings. The van der Waals surface area contributed by atoms with Crippen LogP contribution < -0.4 is 9.04 Å². The number of ether oxygens (including phenoxy) is 1. The van der Waals surface area contributed by atoms with Crippen molar-refractivity contribution in [1.82, 2.24) is 0 Å². The number of carbonyl (C=O) groups is 1. The molecule has 0 N–H and O–H groups in total. The first-order valence-electron chi connectivity index (χ1n) is 9.30. The van der Waals surface area contributed by atoms with E-state index in [1.807, 2.05) is 60.7 Å². The Morgan fingerprint density at radius 3 is 2.10 bits per heavy atom. The second kappa shape index (κ2) is 9.78. The van der Waals surface area contributed by atoms with Crippen LogP contribution in [0.2, 0.25) is 0 Å². The average molecular weight is 444 g/mol. The summed E-state index contributed by atoms with van der Waals surface area (Å²) >= 11 is 5.71. The second-order valence-electron chi connectivity index (χ2n) is 6.77. The summed E-state index contributed by atoms with van der Waals surface area (Å²) in [5.74, 6) is -0.117. The van der Waals surface area contributed by atoms with E-state index in [1.54, 1.807) is 12.1 Å². The van der Waals surface area contributed by atoms with Crippen LogP contribution in [-0.4, -0.2) is 26.3 Å². The minimum absolute atomic E-state index is 0.111. The monoisotopic (exact) mass is 443 g/mol. The van der Waals surface area contributed by atoms with E-state index in [9.17, 15) is 13.2 Å². The van der Waals surface area contributed by atoms with Gasteiger partial charge in [0.2, 0.25) is 10.0 Å². The number of hydrogen-bond acceptors (Lipinski definition) is 4. The summed E-state index contributed by atoms with van der Waals surface area (Å²) in [7, 11) is -3.66. The fourth-order valence-corrected chi connectivity index (χ4v) is 3.99. The van der Waals surface area contributed by atoms with Gasteiger partial charge < -0.3 is 4.74 Å². The number of halogens is 1. The van der Waals surface area contributed by atoms with Crippen LogP contribution in [0.4, 0.5) is 5.69 Å². The summed E-state index contributed by atoms with van der Waals surface area (Å²) in [6, 6.07) is 23.5. The first-order valence-corrected chi connectivity index (χ1v) is 11.7. The lowest BCUT2D eigenvalue weighted by Crippen LogP contribution is -2.30. The third kappa shape index (κ3) is 5.62. The molecular weight excluding hydrogens is 422 g/mol. The molecule has 0 fully saturated rings. The van der Waals surface area contributed by atoms with Crippen molar-refractivity contribution in [2.75, 3.05) is 16.4 Å². The molecule has 0 heterocycles. The Morgan fingerprint density at radius 2 is 1.53 bits per heavy atom. The number of ketones is 1. The van der Waals surface area contributed by atoms with Crippen LogP contribution in [0, 0.1) is 0 Å². The summed E-state index contributed by atoms with van der Waals surface area (Å²) in [5.41, 5.74) is 2.38. The number of nitrogens with zero attached hydrogens (tertiary/aromatic N) is 1. The Kier molecular flexibility index (Phi) is 7.13. The molecule has 0 atom stereocenters. The van der Waals surface area contributed by atoms with E-state index in [2.05, 4.69) is 0 Å². The van der Waals surface area contributed by atoms with Gasteiger partial charge in [0.15, 0.2) is 5.78 Å². The lowest BCUT2D eigenvalue weighted by molar-refractivity contribution is 0.102. The molecule has 3 rings (SSSR count). The smallest absolute Gasteiger partial charge is 0.232 e. The fourth-order valence-electron chi connectivity index (χ4n) is 2.95. The lowest BCUT2D eigenvalue weighted by Gasteiger charge is -2.25. The van der Waals surface area contributed by atoms with Gasteiger partial charge in [-0.3, -0.25) is 9.10 Å². The fraction of sp³-hybridized carbons (Fsp3) is 0.174. The molecule has 0 amide bonds. The molecular formula is C23H22ClNO4S. The van der Waals surface area contributed by atoms with Crippen LogP contribution in [0.5, 0.6) is 5.75 Å². The number of anilines is 1. The molecule has 0 aromatic heterocycles. The van der Waals surface area contributed by atoms with Crippen molar-refractivity contribution < 1.29 is 17.9 Å². The summed E-state index contributed by atoms with van der Waals surface area (Å²) in [4.78, 5) is 12.1. The molecule has 0 spiro atoms. The van der Waals surface area contributed by atoms with Crippen molar-refractivity contribution in [3.63, 3.8) is 0 Å². The number of benzene rings is 3. The molecule has 0 aliphatic rings. The molecule has 0 saturated carbocycles. The summed E-state index contributed by atoms with van der Waals surface area (Å²) in [6.07, 6.45) is 1.13. The standard InChI is InChI=1S/C23H22ClNO4S/c1-30(27,28)25(16-18-8-4-2-5-9-18)21-14-20(22(26)15-24)12-13-23(21)29-17-19-10-6-3-7-11-19/h2-14H,15-17H2,1H3. The zero-order valence-electron chi connectivity index (χ0n) is 16.5. The van der Waals surface area contributed by atoms with Gasteiger partial charge in [0.25, 0.3) is 0 Å². The quantitative estimate of drug-likeness (QED) is 0.356. The number of carbonyl (C=O) groups excluding carboxylic acids is 1. The SMILES string of the molecule is CS(=O)(=O)N(Cc1ccccc1)c1cc(C(=O)CCl)ccc1OCc1ccccc1. The highest BCUT2D eigenvalue weighted by Gasteiger charge is 2.23. The van der Waals surface area contributed by atoms with Gasteiger partial charge in [0.05, 0.1) is 24.4 Å². The third-order valence-electron chi connectivity index (χ3n) is 4.48. The minimum Gasteiger partial charge on any atom is -0.487 e. The molecule has 30 heavy (non-hydrogen) atoms. The van der Waals surface area contributed by atoms with E-state index in [4.69, 9.17) is 16.3 Å². The van der Waals surface area contributed by atoms with Crippen LogP contribution in [0.25, 0.3) is 0 Å². The highest BCUT2D eigenvalue weighted by molar-refractivity contribution is 7.92. The van der Waals surface area contributed by atoms with E-state index < -0.39 is 10.0 Å². The summed E-state index contributed by atoms with van der Waals surface area (Å²) in [5, 5.41) is 0. The zero-order chi connectivity index (χ0) is 21.6. The van der Waals surface area contributed by atoms with E-state index in [0.29, 0.717) is 17.0 Å².